The van der Waals surface area contributed by atoms with Crippen molar-refractivity contribution < 1.29 is 0 Å². The lowest BCUT2D eigenvalue weighted by Gasteiger charge is -2.31. The van der Waals surface area contributed by atoms with Crippen molar-refractivity contribution in [2.24, 2.45) is 5.92 Å². The Morgan fingerprint density at radius 3 is 1.68 bits per heavy atom. The normalized spacial score (nSPS) is 17.4. The van der Waals surface area contributed by atoms with Gasteiger partial charge in [-0.3, -0.25) is 0 Å². The highest BCUT2D eigenvalue weighted by Gasteiger charge is 2.40. The summed E-state index contributed by atoms with van der Waals surface area (Å²) in [5.74, 6) is 0.375. The molecule has 0 spiro atoms. The summed E-state index contributed by atoms with van der Waals surface area (Å²) in [6.07, 6.45) is 16.2. The molecule has 12 rings (SSSR count). The zero-order valence-corrected chi connectivity index (χ0v) is 31.5. The van der Waals surface area contributed by atoms with E-state index in [4.69, 9.17) is 0 Å². The predicted molar refractivity (Wildman–Crippen MR) is 239 cm³/mol. The van der Waals surface area contributed by atoms with Crippen molar-refractivity contribution in [1.82, 2.24) is 9.13 Å². The molecular formula is C54H39N3. The van der Waals surface area contributed by atoms with Crippen LogP contribution >= 0.6 is 0 Å². The molecular weight excluding hydrogens is 691 g/mol. The number of hydrogen-bond acceptors (Lipinski definition) is 1. The highest BCUT2D eigenvalue weighted by atomic mass is 15.2. The fraction of sp³-hybridized carbons (Fsp3) is 0.0741. The van der Waals surface area contributed by atoms with Crippen LogP contribution in [0.2, 0.25) is 0 Å². The molecule has 0 fully saturated rings. The van der Waals surface area contributed by atoms with Crippen LogP contribution in [0, 0.1) is 5.92 Å². The molecule has 3 heterocycles. The molecule has 0 saturated heterocycles. The van der Waals surface area contributed by atoms with Crippen LogP contribution in [-0.4, -0.2) is 15.2 Å². The molecule has 7 aromatic carbocycles. The maximum absolute atomic E-state index is 2.64. The van der Waals surface area contributed by atoms with Crippen LogP contribution < -0.4 is 4.90 Å². The van der Waals surface area contributed by atoms with Gasteiger partial charge in [0.25, 0.3) is 0 Å². The monoisotopic (exact) mass is 729 g/mol. The molecule has 0 amide bonds. The zero-order chi connectivity index (χ0) is 37.5. The van der Waals surface area contributed by atoms with Crippen molar-refractivity contribution in [3.63, 3.8) is 0 Å². The molecule has 270 valence electrons. The van der Waals surface area contributed by atoms with Gasteiger partial charge in [0.15, 0.2) is 0 Å². The lowest BCUT2D eigenvalue weighted by atomic mass is 9.87. The van der Waals surface area contributed by atoms with E-state index in [1.807, 2.05) is 0 Å². The van der Waals surface area contributed by atoms with Crippen LogP contribution in [0.3, 0.4) is 0 Å². The Kier molecular flexibility index (Phi) is 7.18. The van der Waals surface area contributed by atoms with E-state index in [0.29, 0.717) is 5.92 Å². The Morgan fingerprint density at radius 2 is 1.00 bits per heavy atom. The number of allylic oxidation sites excluding steroid dienone is 4. The average molecular weight is 730 g/mol. The number of aromatic nitrogens is 2. The molecule has 2 aliphatic carbocycles. The first-order chi connectivity index (χ1) is 28.3. The minimum Gasteiger partial charge on any atom is -0.332 e. The Labute approximate surface area is 332 Å². The number of benzene rings is 7. The highest BCUT2D eigenvalue weighted by molar-refractivity contribution is 6.17. The molecule has 9 aromatic rings. The van der Waals surface area contributed by atoms with Gasteiger partial charge in [0.1, 0.15) is 0 Å². The Balaban J connectivity index is 1.23. The van der Waals surface area contributed by atoms with Crippen LogP contribution in [0.4, 0.5) is 5.69 Å². The molecule has 3 heteroatoms. The van der Waals surface area contributed by atoms with Gasteiger partial charge < -0.3 is 14.0 Å². The van der Waals surface area contributed by atoms with E-state index < -0.39 is 0 Å². The summed E-state index contributed by atoms with van der Waals surface area (Å²) in [6.45, 7) is 0. The summed E-state index contributed by atoms with van der Waals surface area (Å²) in [5.41, 5.74) is 16.1. The number of fused-ring (bicyclic) bond motifs is 8. The molecule has 0 N–H and O–H groups in total. The van der Waals surface area contributed by atoms with Crippen molar-refractivity contribution in [1.29, 1.82) is 0 Å². The fourth-order valence-electron chi connectivity index (χ4n) is 10.2. The molecule has 2 atom stereocenters. The molecule has 1 aliphatic heterocycles. The highest BCUT2D eigenvalue weighted by Crippen LogP contribution is 2.49. The second-order valence-electron chi connectivity index (χ2n) is 15.5. The Morgan fingerprint density at radius 1 is 0.456 bits per heavy atom. The van der Waals surface area contributed by atoms with Gasteiger partial charge in [-0.05, 0) is 59.9 Å². The van der Waals surface area contributed by atoms with Crippen LogP contribution in [0.25, 0.3) is 77.2 Å². The molecule has 3 aliphatic rings. The van der Waals surface area contributed by atoms with Gasteiger partial charge in [-0.2, -0.15) is 0 Å². The average Bonchev–Trinajstić information content (AvgIpc) is 3.93. The van der Waals surface area contributed by atoms with E-state index in [-0.39, 0.29) is 6.04 Å². The van der Waals surface area contributed by atoms with Gasteiger partial charge in [-0.1, -0.05) is 170 Å². The summed E-state index contributed by atoms with van der Waals surface area (Å²) >= 11 is 0. The molecule has 2 unspecified atom stereocenters. The van der Waals surface area contributed by atoms with Crippen LogP contribution in [-0.2, 0) is 0 Å². The van der Waals surface area contributed by atoms with Crippen molar-refractivity contribution in [3.05, 3.63) is 212 Å². The van der Waals surface area contributed by atoms with Gasteiger partial charge in [0.2, 0.25) is 0 Å². The summed E-state index contributed by atoms with van der Waals surface area (Å²) < 4.78 is 5.15. The zero-order valence-electron chi connectivity index (χ0n) is 31.5. The largest absolute Gasteiger partial charge is 0.332 e. The summed E-state index contributed by atoms with van der Waals surface area (Å²) in [5, 5.41) is 4.99. The van der Waals surface area contributed by atoms with Gasteiger partial charge in [0, 0.05) is 44.3 Å². The summed E-state index contributed by atoms with van der Waals surface area (Å²) in [6, 6.07) is 60.5. The van der Waals surface area contributed by atoms with Gasteiger partial charge in [-0.25, -0.2) is 0 Å². The summed E-state index contributed by atoms with van der Waals surface area (Å²) in [4.78, 5) is 2.64. The Bertz CT molecular complexity index is 3130. The first-order valence-electron chi connectivity index (χ1n) is 20.2. The van der Waals surface area contributed by atoms with E-state index >= 15 is 0 Å². The maximum atomic E-state index is 2.64. The minimum atomic E-state index is 0.230. The molecule has 0 radical (unpaired) electrons. The summed E-state index contributed by atoms with van der Waals surface area (Å²) in [7, 11) is 0. The molecule has 3 nitrogen and oxygen atoms in total. The third kappa shape index (κ3) is 4.72. The number of anilines is 1. The third-order valence-electron chi connectivity index (χ3n) is 12.5. The second kappa shape index (κ2) is 12.7. The van der Waals surface area contributed by atoms with Gasteiger partial charge in [0.05, 0.1) is 45.2 Å². The van der Waals surface area contributed by atoms with Gasteiger partial charge in [-0.15, -0.1) is 0 Å². The standard InChI is InChI=1S/C54H39N3/c1-3-18-36(19-4-1)38-26-15-27-39(37-20-5-2-6-21-37)52(38)57-49-33-14-10-25-43(49)45-29-17-35-51(54(45)57)56-48-32-13-9-24-42(48)44-28-16-34-50(53(44)56)55-46-30-11-7-22-40(46)41-23-8-12-31-47(41)55/h1-7,9-22,24-35,40,46H,8,23H2. The number of para-hydroxylation sites is 5. The minimum absolute atomic E-state index is 0.230. The lowest BCUT2D eigenvalue weighted by Crippen LogP contribution is -2.32. The lowest BCUT2D eigenvalue weighted by molar-refractivity contribution is 0.659. The van der Waals surface area contributed by atoms with E-state index in [1.54, 1.807) is 5.57 Å². The number of hydrogen-bond donors (Lipinski definition) is 0. The van der Waals surface area contributed by atoms with Crippen LogP contribution in [0.5, 0.6) is 0 Å². The van der Waals surface area contributed by atoms with Crippen molar-refractivity contribution >= 4 is 49.3 Å². The second-order valence-corrected chi connectivity index (χ2v) is 15.5. The SMILES string of the molecule is C1=CC2C3=C(C=CCC3)N(c3cccc4c5ccccc5n(-c5cccc6c7ccccc7n(-c7c(-c8ccccc8)cccc7-c7ccccc7)c56)c34)C2C=C1. The van der Waals surface area contributed by atoms with E-state index in [2.05, 4.69) is 214 Å². The van der Waals surface area contributed by atoms with Crippen molar-refractivity contribution in [3.8, 4) is 33.6 Å². The molecule has 0 bridgehead atoms. The van der Waals surface area contributed by atoms with E-state index in [0.717, 1.165) is 18.5 Å². The van der Waals surface area contributed by atoms with E-state index in [9.17, 15) is 0 Å². The number of nitrogens with zero attached hydrogens (tertiary/aromatic N) is 3. The first-order valence-corrected chi connectivity index (χ1v) is 20.2. The smallest absolute Gasteiger partial charge is 0.0782 e. The van der Waals surface area contributed by atoms with Crippen LogP contribution in [0.1, 0.15) is 12.8 Å². The predicted octanol–water partition coefficient (Wildman–Crippen LogP) is 13.7. The maximum Gasteiger partial charge on any atom is 0.0782 e. The molecule has 2 aromatic heterocycles. The quantitative estimate of drug-likeness (QED) is 0.172. The van der Waals surface area contributed by atoms with E-state index in [1.165, 1.54) is 82.9 Å². The topological polar surface area (TPSA) is 13.1 Å². The van der Waals surface area contributed by atoms with Gasteiger partial charge >= 0.3 is 0 Å². The van der Waals surface area contributed by atoms with Crippen molar-refractivity contribution in [2.75, 3.05) is 4.90 Å². The first kappa shape index (κ1) is 32.2. The van der Waals surface area contributed by atoms with Crippen LogP contribution in [0.15, 0.2) is 212 Å². The number of rotatable bonds is 5. The molecule has 57 heavy (non-hydrogen) atoms. The fourth-order valence-corrected chi connectivity index (χ4v) is 10.2. The Hall–Kier alpha value is -7.10. The molecule has 0 saturated carbocycles. The third-order valence-corrected chi connectivity index (χ3v) is 12.5. The van der Waals surface area contributed by atoms with Crippen molar-refractivity contribution in [2.45, 2.75) is 18.9 Å².